The lowest BCUT2D eigenvalue weighted by Crippen LogP contribution is -2.08. The minimum Gasteiger partial charge on any atom is -0.325 e. The van der Waals surface area contributed by atoms with Crippen molar-refractivity contribution in [1.29, 1.82) is 0 Å². The zero-order valence-corrected chi connectivity index (χ0v) is 11.1. The largest absolute Gasteiger partial charge is 0.325 e. The Labute approximate surface area is 113 Å². The molecule has 1 saturated carbocycles. The molecule has 0 radical (unpaired) electrons. The van der Waals surface area contributed by atoms with E-state index in [1.54, 1.807) is 0 Å². The molecule has 2 aromatic rings. The average Bonchev–Trinajstić information content (AvgIpc) is 3.21. The molecular weight excluding hydrogens is 236 g/mol. The predicted octanol–water partition coefficient (Wildman–Crippen LogP) is 2.25. The third-order valence-electron chi connectivity index (χ3n) is 3.68. The van der Waals surface area contributed by atoms with E-state index in [9.17, 15) is 0 Å². The summed E-state index contributed by atoms with van der Waals surface area (Å²) >= 11 is 0. The van der Waals surface area contributed by atoms with Gasteiger partial charge in [0.25, 0.3) is 0 Å². The Morgan fingerprint density at radius 1 is 1.21 bits per heavy atom. The first kappa shape index (κ1) is 12.4. The second-order valence-corrected chi connectivity index (χ2v) is 5.21. The van der Waals surface area contributed by atoms with Gasteiger partial charge in [0.1, 0.15) is 0 Å². The Kier molecular flexibility index (Phi) is 3.60. The number of hydrogen-bond acceptors (Lipinski definition) is 3. The van der Waals surface area contributed by atoms with Gasteiger partial charge in [0.2, 0.25) is 0 Å². The van der Waals surface area contributed by atoms with Crippen LogP contribution >= 0.6 is 0 Å². The maximum atomic E-state index is 5.73. The van der Waals surface area contributed by atoms with Crippen LogP contribution in [0.4, 0.5) is 0 Å². The van der Waals surface area contributed by atoms with Gasteiger partial charge in [-0.1, -0.05) is 35.5 Å². The van der Waals surface area contributed by atoms with E-state index < -0.39 is 0 Å². The van der Waals surface area contributed by atoms with E-state index >= 15 is 0 Å². The summed E-state index contributed by atoms with van der Waals surface area (Å²) < 4.78 is 2.07. The number of rotatable bonds is 6. The Morgan fingerprint density at radius 3 is 2.68 bits per heavy atom. The standard InChI is InChI=1S/C15H20N4/c16-11-14-15(13-8-9-13)19(18-17-14)10-4-7-12-5-2-1-3-6-12/h1-3,5-6,13H,4,7-11,16H2. The van der Waals surface area contributed by atoms with Crippen molar-refractivity contribution in [2.45, 2.75) is 44.7 Å². The summed E-state index contributed by atoms with van der Waals surface area (Å²) in [6.07, 6.45) is 4.71. The van der Waals surface area contributed by atoms with Crippen LogP contribution in [-0.4, -0.2) is 15.0 Å². The van der Waals surface area contributed by atoms with Gasteiger partial charge in [-0.15, -0.1) is 5.10 Å². The lowest BCUT2D eigenvalue weighted by molar-refractivity contribution is 0.538. The zero-order valence-electron chi connectivity index (χ0n) is 11.1. The van der Waals surface area contributed by atoms with Crippen LogP contribution in [0.5, 0.6) is 0 Å². The summed E-state index contributed by atoms with van der Waals surface area (Å²) in [4.78, 5) is 0. The first-order chi connectivity index (χ1) is 9.38. The molecule has 0 amide bonds. The van der Waals surface area contributed by atoms with Crippen molar-refractivity contribution in [3.63, 3.8) is 0 Å². The van der Waals surface area contributed by atoms with Crippen LogP contribution < -0.4 is 5.73 Å². The molecule has 0 bridgehead atoms. The van der Waals surface area contributed by atoms with Gasteiger partial charge in [-0.25, -0.2) is 4.68 Å². The molecule has 0 spiro atoms. The minimum atomic E-state index is 0.504. The van der Waals surface area contributed by atoms with Crippen LogP contribution in [0.2, 0.25) is 0 Å². The molecule has 4 nitrogen and oxygen atoms in total. The highest BCUT2D eigenvalue weighted by Gasteiger charge is 2.30. The van der Waals surface area contributed by atoms with E-state index in [2.05, 4.69) is 45.3 Å². The number of benzene rings is 1. The highest BCUT2D eigenvalue weighted by molar-refractivity contribution is 5.20. The van der Waals surface area contributed by atoms with Crippen molar-refractivity contribution in [2.75, 3.05) is 0 Å². The smallest absolute Gasteiger partial charge is 0.0997 e. The molecule has 0 atom stereocenters. The molecule has 1 aromatic heterocycles. The van der Waals surface area contributed by atoms with Gasteiger partial charge >= 0.3 is 0 Å². The van der Waals surface area contributed by atoms with Gasteiger partial charge in [0, 0.05) is 19.0 Å². The lowest BCUT2D eigenvalue weighted by atomic mass is 10.1. The quantitative estimate of drug-likeness (QED) is 0.862. The summed E-state index contributed by atoms with van der Waals surface area (Å²) in [5.41, 5.74) is 9.39. The molecule has 0 aliphatic heterocycles. The number of aryl methyl sites for hydroxylation is 2. The predicted molar refractivity (Wildman–Crippen MR) is 74.7 cm³/mol. The van der Waals surface area contributed by atoms with Crippen molar-refractivity contribution >= 4 is 0 Å². The monoisotopic (exact) mass is 256 g/mol. The van der Waals surface area contributed by atoms with Gasteiger partial charge in [-0.3, -0.25) is 0 Å². The van der Waals surface area contributed by atoms with Crippen LogP contribution in [0.1, 0.15) is 42.1 Å². The van der Waals surface area contributed by atoms with Crippen LogP contribution in [0.15, 0.2) is 30.3 Å². The molecule has 19 heavy (non-hydrogen) atoms. The zero-order chi connectivity index (χ0) is 13.1. The maximum absolute atomic E-state index is 5.73. The third kappa shape index (κ3) is 2.84. The third-order valence-corrected chi connectivity index (χ3v) is 3.68. The van der Waals surface area contributed by atoms with Crippen molar-refractivity contribution in [2.24, 2.45) is 5.73 Å². The van der Waals surface area contributed by atoms with Crippen molar-refractivity contribution in [1.82, 2.24) is 15.0 Å². The molecule has 0 saturated heterocycles. The normalized spacial score (nSPS) is 14.8. The average molecular weight is 256 g/mol. The minimum absolute atomic E-state index is 0.504. The second-order valence-electron chi connectivity index (χ2n) is 5.21. The second kappa shape index (κ2) is 5.53. The van der Waals surface area contributed by atoms with Gasteiger partial charge in [0.15, 0.2) is 0 Å². The molecule has 100 valence electrons. The summed E-state index contributed by atoms with van der Waals surface area (Å²) in [5.74, 6) is 0.658. The summed E-state index contributed by atoms with van der Waals surface area (Å²) in [6.45, 7) is 1.44. The van der Waals surface area contributed by atoms with Gasteiger partial charge < -0.3 is 5.73 Å². The molecule has 1 heterocycles. The van der Waals surface area contributed by atoms with Crippen molar-refractivity contribution in [3.8, 4) is 0 Å². The van der Waals surface area contributed by atoms with Crippen LogP contribution in [0.25, 0.3) is 0 Å². The van der Waals surface area contributed by atoms with Crippen LogP contribution in [-0.2, 0) is 19.5 Å². The lowest BCUT2D eigenvalue weighted by Gasteiger charge is -2.06. The molecule has 1 aromatic carbocycles. The topological polar surface area (TPSA) is 56.7 Å². The first-order valence-electron chi connectivity index (χ1n) is 7.04. The Bertz CT molecular complexity index is 528. The molecule has 1 aliphatic carbocycles. The highest BCUT2D eigenvalue weighted by atomic mass is 15.4. The molecular formula is C15H20N4. The van der Waals surface area contributed by atoms with E-state index in [4.69, 9.17) is 5.73 Å². The summed E-state index contributed by atoms with van der Waals surface area (Å²) in [5, 5.41) is 8.48. The number of aromatic nitrogens is 3. The van der Waals surface area contributed by atoms with E-state index in [0.29, 0.717) is 12.5 Å². The van der Waals surface area contributed by atoms with E-state index in [0.717, 1.165) is 25.1 Å². The van der Waals surface area contributed by atoms with Crippen molar-refractivity contribution < 1.29 is 0 Å². The fraction of sp³-hybridized carbons (Fsp3) is 0.467. The number of nitrogens with zero attached hydrogens (tertiary/aromatic N) is 3. The first-order valence-corrected chi connectivity index (χ1v) is 7.04. The van der Waals surface area contributed by atoms with Crippen molar-refractivity contribution in [3.05, 3.63) is 47.3 Å². The van der Waals surface area contributed by atoms with E-state index in [1.165, 1.54) is 24.1 Å². The van der Waals surface area contributed by atoms with Crippen LogP contribution in [0, 0.1) is 0 Å². The maximum Gasteiger partial charge on any atom is 0.0997 e. The van der Waals surface area contributed by atoms with E-state index in [-0.39, 0.29) is 0 Å². The SMILES string of the molecule is NCc1nnn(CCCc2ccccc2)c1C1CC1. The fourth-order valence-corrected chi connectivity index (χ4v) is 2.55. The van der Waals surface area contributed by atoms with Gasteiger partial charge in [-0.05, 0) is 31.2 Å². The fourth-order valence-electron chi connectivity index (χ4n) is 2.55. The molecule has 0 unspecified atom stereocenters. The highest BCUT2D eigenvalue weighted by Crippen LogP contribution is 2.41. The van der Waals surface area contributed by atoms with Gasteiger partial charge in [0.05, 0.1) is 11.4 Å². The molecule has 4 heteroatoms. The summed E-state index contributed by atoms with van der Waals surface area (Å²) in [7, 11) is 0. The Morgan fingerprint density at radius 2 is 2.00 bits per heavy atom. The Hall–Kier alpha value is -1.68. The van der Waals surface area contributed by atoms with Gasteiger partial charge in [-0.2, -0.15) is 0 Å². The molecule has 3 rings (SSSR count). The molecule has 2 N–H and O–H groups in total. The molecule has 1 aliphatic rings. The Balaban J connectivity index is 1.62. The van der Waals surface area contributed by atoms with E-state index in [1.807, 2.05) is 0 Å². The number of hydrogen-bond donors (Lipinski definition) is 1. The van der Waals surface area contributed by atoms with Crippen LogP contribution in [0.3, 0.4) is 0 Å². The molecule has 1 fully saturated rings. The summed E-state index contributed by atoms with van der Waals surface area (Å²) in [6, 6.07) is 10.6. The number of nitrogens with two attached hydrogens (primary N) is 1.